The van der Waals surface area contributed by atoms with Gasteiger partial charge in [0.05, 0.1) is 27.4 Å². The third-order valence-corrected chi connectivity index (χ3v) is 4.43. The van der Waals surface area contributed by atoms with Gasteiger partial charge in [-0.3, -0.25) is 24.4 Å². The van der Waals surface area contributed by atoms with Gasteiger partial charge in [-0.25, -0.2) is 4.98 Å². The number of para-hydroxylation sites is 2. The molecule has 0 spiro atoms. The molecular formula is C20H14N6O2. The number of rotatable bonds is 3. The van der Waals surface area contributed by atoms with E-state index in [2.05, 4.69) is 26.9 Å². The SMILES string of the molecule is Cc1c(C#N)c2nc3ccccc3n2c(=O)c1=CNNC(=O)c1cccnc1. The van der Waals surface area contributed by atoms with Crippen molar-refractivity contribution in [2.24, 2.45) is 0 Å². The number of hydrogen-bond acceptors (Lipinski definition) is 6. The fourth-order valence-corrected chi connectivity index (χ4v) is 3.03. The minimum absolute atomic E-state index is 0.263. The molecule has 4 rings (SSSR count). The third-order valence-electron chi connectivity index (χ3n) is 4.43. The van der Waals surface area contributed by atoms with Crippen molar-refractivity contribution in [1.29, 1.82) is 5.26 Å². The molecule has 0 fully saturated rings. The van der Waals surface area contributed by atoms with Gasteiger partial charge in [0.15, 0.2) is 5.65 Å². The van der Waals surface area contributed by atoms with E-state index in [1.54, 1.807) is 43.5 Å². The molecule has 2 N–H and O–H groups in total. The lowest BCUT2D eigenvalue weighted by Crippen LogP contribution is -2.40. The lowest BCUT2D eigenvalue weighted by molar-refractivity contribution is 0.0943. The molecule has 0 saturated heterocycles. The van der Waals surface area contributed by atoms with E-state index in [9.17, 15) is 14.9 Å². The number of pyridine rings is 2. The fourth-order valence-electron chi connectivity index (χ4n) is 3.03. The van der Waals surface area contributed by atoms with Crippen LogP contribution < -0.4 is 21.6 Å². The summed E-state index contributed by atoms with van der Waals surface area (Å²) >= 11 is 0. The van der Waals surface area contributed by atoms with E-state index >= 15 is 0 Å². The summed E-state index contributed by atoms with van der Waals surface area (Å²) in [5.74, 6) is -0.399. The van der Waals surface area contributed by atoms with Crippen LogP contribution in [-0.4, -0.2) is 20.3 Å². The zero-order valence-corrected chi connectivity index (χ0v) is 14.8. The second-order valence-corrected chi connectivity index (χ2v) is 6.07. The van der Waals surface area contributed by atoms with E-state index in [1.165, 1.54) is 16.8 Å². The summed E-state index contributed by atoms with van der Waals surface area (Å²) in [6, 6.07) is 12.6. The largest absolute Gasteiger partial charge is 0.305 e. The topological polar surface area (TPSA) is 112 Å². The number of aromatic nitrogens is 3. The Morgan fingerprint density at radius 3 is 2.82 bits per heavy atom. The zero-order valence-electron chi connectivity index (χ0n) is 14.8. The molecule has 0 atom stereocenters. The van der Waals surface area contributed by atoms with E-state index in [1.807, 2.05) is 6.07 Å². The number of hydrogen-bond donors (Lipinski definition) is 2. The number of nitriles is 1. The number of hydrazine groups is 1. The number of amides is 1. The smallest absolute Gasteiger partial charge is 0.271 e. The zero-order chi connectivity index (χ0) is 19.7. The van der Waals surface area contributed by atoms with Gasteiger partial charge in [-0.1, -0.05) is 12.1 Å². The first-order valence-corrected chi connectivity index (χ1v) is 8.42. The first-order valence-electron chi connectivity index (χ1n) is 8.42. The normalized spacial score (nSPS) is 11.5. The number of carbonyl (C=O) groups excluding carboxylic acids is 1. The second-order valence-electron chi connectivity index (χ2n) is 6.07. The Hall–Kier alpha value is -4.25. The van der Waals surface area contributed by atoms with E-state index in [0.29, 0.717) is 33.4 Å². The predicted molar refractivity (Wildman–Crippen MR) is 103 cm³/mol. The Labute approximate surface area is 158 Å². The Kier molecular flexibility index (Phi) is 4.18. The first kappa shape index (κ1) is 17.2. The maximum atomic E-state index is 13.1. The van der Waals surface area contributed by atoms with Crippen LogP contribution in [0.5, 0.6) is 0 Å². The average Bonchev–Trinajstić information content (AvgIpc) is 3.10. The van der Waals surface area contributed by atoms with E-state index in [4.69, 9.17) is 0 Å². The monoisotopic (exact) mass is 370 g/mol. The van der Waals surface area contributed by atoms with Crippen LogP contribution in [0.4, 0.5) is 0 Å². The number of fused-ring (bicyclic) bond motifs is 3. The van der Waals surface area contributed by atoms with E-state index < -0.39 is 5.91 Å². The van der Waals surface area contributed by atoms with Gasteiger partial charge in [0.1, 0.15) is 6.07 Å². The van der Waals surface area contributed by atoms with Crippen LogP contribution in [0.1, 0.15) is 21.5 Å². The van der Waals surface area contributed by atoms with Crippen molar-refractivity contribution in [3.8, 4) is 6.07 Å². The van der Waals surface area contributed by atoms with Crippen molar-refractivity contribution in [2.75, 3.05) is 0 Å². The van der Waals surface area contributed by atoms with Gasteiger partial charge in [-0.2, -0.15) is 5.26 Å². The number of benzene rings is 1. The van der Waals surface area contributed by atoms with Crippen molar-refractivity contribution in [3.63, 3.8) is 0 Å². The lowest BCUT2D eigenvalue weighted by Gasteiger charge is -2.06. The van der Waals surface area contributed by atoms with Gasteiger partial charge in [-0.15, -0.1) is 0 Å². The van der Waals surface area contributed by atoms with Crippen LogP contribution >= 0.6 is 0 Å². The van der Waals surface area contributed by atoms with E-state index in [-0.39, 0.29) is 10.8 Å². The highest BCUT2D eigenvalue weighted by Crippen LogP contribution is 2.17. The molecule has 28 heavy (non-hydrogen) atoms. The van der Waals surface area contributed by atoms with Crippen LogP contribution in [0.3, 0.4) is 0 Å². The van der Waals surface area contributed by atoms with Crippen LogP contribution in [0.15, 0.2) is 53.6 Å². The van der Waals surface area contributed by atoms with Gasteiger partial charge in [0, 0.05) is 18.6 Å². The summed E-state index contributed by atoms with van der Waals surface area (Å²) in [6.45, 7) is 1.68. The molecule has 0 saturated carbocycles. The first-order chi connectivity index (χ1) is 13.6. The molecule has 8 nitrogen and oxygen atoms in total. The fraction of sp³-hybridized carbons (Fsp3) is 0.0500. The molecule has 136 valence electrons. The van der Waals surface area contributed by atoms with Gasteiger partial charge in [0.25, 0.3) is 11.5 Å². The van der Waals surface area contributed by atoms with Crippen molar-refractivity contribution >= 4 is 28.8 Å². The number of nitrogens with zero attached hydrogens (tertiary/aromatic N) is 4. The summed E-state index contributed by atoms with van der Waals surface area (Å²) < 4.78 is 1.41. The lowest BCUT2D eigenvalue weighted by atomic mass is 10.1. The molecule has 0 bridgehead atoms. The number of carbonyl (C=O) groups is 1. The summed E-state index contributed by atoms with van der Waals surface area (Å²) in [4.78, 5) is 33.5. The summed E-state index contributed by atoms with van der Waals surface area (Å²) in [5, 5.41) is 9.87. The molecule has 3 aromatic heterocycles. The Morgan fingerprint density at radius 1 is 1.25 bits per heavy atom. The minimum atomic E-state index is -0.399. The van der Waals surface area contributed by atoms with Crippen LogP contribution in [0, 0.1) is 18.3 Å². The quantitative estimate of drug-likeness (QED) is 0.516. The molecule has 0 aliphatic carbocycles. The Balaban J connectivity index is 1.82. The molecule has 0 unspecified atom stereocenters. The molecule has 1 amide bonds. The summed E-state index contributed by atoms with van der Waals surface area (Å²) in [7, 11) is 0. The van der Waals surface area contributed by atoms with Gasteiger partial charge in [-0.05, 0) is 36.8 Å². The highest BCUT2D eigenvalue weighted by atomic mass is 16.2. The Bertz CT molecular complexity index is 1370. The minimum Gasteiger partial charge on any atom is -0.305 e. The van der Waals surface area contributed by atoms with Crippen molar-refractivity contribution in [1.82, 2.24) is 25.2 Å². The van der Waals surface area contributed by atoms with Crippen molar-refractivity contribution in [2.45, 2.75) is 6.92 Å². The highest BCUT2D eigenvalue weighted by Gasteiger charge is 2.15. The molecule has 0 aliphatic rings. The van der Waals surface area contributed by atoms with Crippen LogP contribution in [-0.2, 0) is 0 Å². The highest BCUT2D eigenvalue weighted by molar-refractivity contribution is 5.93. The molecule has 0 aliphatic heterocycles. The molecule has 8 heteroatoms. The number of nitrogens with one attached hydrogen (secondary N) is 2. The van der Waals surface area contributed by atoms with Gasteiger partial charge < -0.3 is 5.43 Å². The van der Waals surface area contributed by atoms with Crippen molar-refractivity contribution in [3.05, 3.63) is 81.1 Å². The molecule has 3 heterocycles. The summed E-state index contributed by atoms with van der Waals surface area (Å²) in [5.41, 5.74) is 7.53. The molecular weight excluding hydrogens is 356 g/mol. The second kappa shape index (κ2) is 6.81. The summed E-state index contributed by atoms with van der Waals surface area (Å²) in [6.07, 6.45) is 4.37. The number of imidazole rings is 1. The van der Waals surface area contributed by atoms with Crippen molar-refractivity contribution < 1.29 is 4.79 Å². The standard InChI is InChI=1S/C20H14N6O2/c1-12-14(9-21)18-24-16-6-2-3-7-17(16)26(18)20(28)15(12)11-23-25-19(27)13-5-4-8-22-10-13/h2-8,10-11,23H,1H3,(H,25,27). The maximum absolute atomic E-state index is 13.1. The average molecular weight is 370 g/mol. The predicted octanol–water partition coefficient (Wildman–Crippen LogP) is 0.814. The van der Waals surface area contributed by atoms with Gasteiger partial charge >= 0.3 is 0 Å². The molecule has 0 radical (unpaired) electrons. The van der Waals surface area contributed by atoms with E-state index in [0.717, 1.165) is 0 Å². The van der Waals surface area contributed by atoms with Gasteiger partial charge in [0.2, 0.25) is 0 Å². The maximum Gasteiger partial charge on any atom is 0.271 e. The van der Waals surface area contributed by atoms with Crippen LogP contribution in [0.2, 0.25) is 0 Å². The molecule has 4 aromatic rings. The Morgan fingerprint density at radius 2 is 2.07 bits per heavy atom. The third kappa shape index (κ3) is 2.71. The van der Waals surface area contributed by atoms with Crippen LogP contribution in [0.25, 0.3) is 22.9 Å². The molecule has 1 aromatic carbocycles.